The molecule has 0 unspecified atom stereocenters. The average molecular weight is 297 g/mol. The van der Waals surface area contributed by atoms with Crippen molar-refractivity contribution < 1.29 is 17.3 Å². The number of nitrogens with zero attached hydrogens (tertiary/aromatic N) is 2. The van der Waals surface area contributed by atoms with Gasteiger partial charge in [0.1, 0.15) is 11.5 Å². The van der Waals surface area contributed by atoms with Gasteiger partial charge < -0.3 is 4.52 Å². The molecule has 0 radical (unpaired) electrons. The molecule has 1 aliphatic carbocycles. The van der Waals surface area contributed by atoms with E-state index in [1.165, 1.54) is 12.1 Å². The molecule has 0 atom stereocenters. The number of pyridine rings is 1. The van der Waals surface area contributed by atoms with Crippen LogP contribution in [0.5, 0.6) is 0 Å². The molecule has 0 spiro atoms. The molecule has 1 N–H and O–H groups in total. The Kier molecular flexibility index (Phi) is 3.27. The van der Waals surface area contributed by atoms with Crippen molar-refractivity contribution in [1.29, 1.82) is 0 Å². The quantitative estimate of drug-likeness (QED) is 0.903. The number of hydrogen-bond acceptors (Lipinski definition) is 5. The van der Waals surface area contributed by atoms with Gasteiger partial charge in [0, 0.05) is 6.07 Å². The van der Waals surface area contributed by atoms with Crippen LogP contribution in [-0.4, -0.2) is 23.8 Å². The number of halogens is 1. The van der Waals surface area contributed by atoms with Crippen LogP contribution in [0.4, 0.5) is 4.39 Å². The van der Waals surface area contributed by atoms with Crippen molar-refractivity contribution in [2.24, 2.45) is 0 Å². The Bertz CT molecular complexity index is 708. The lowest BCUT2D eigenvalue weighted by atomic mass is 10.2. The lowest BCUT2D eigenvalue weighted by Gasteiger charge is -2.01. The van der Waals surface area contributed by atoms with Crippen LogP contribution in [0.15, 0.2) is 28.9 Å². The van der Waals surface area contributed by atoms with Crippen molar-refractivity contribution in [1.82, 2.24) is 14.9 Å². The van der Waals surface area contributed by atoms with E-state index in [2.05, 4.69) is 14.9 Å². The molecule has 1 saturated carbocycles. The number of hydrogen-bond donors (Lipinski definition) is 1. The van der Waals surface area contributed by atoms with Gasteiger partial charge in [0.25, 0.3) is 0 Å². The maximum atomic E-state index is 12.8. The van der Waals surface area contributed by atoms with Crippen molar-refractivity contribution in [3.05, 3.63) is 35.9 Å². The molecule has 3 rings (SSSR count). The Morgan fingerprint density at radius 1 is 1.40 bits per heavy atom. The number of aromatic nitrogens is 2. The van der Waals surface area contributed by atoms with E-state index in [9.17, 15) is 12.8 Å². The van der Waals surface area contributed by atoms with Crippen molar-refractivity contribution in [3.63, 3.8) is 0 Å². The summed E-state index contributed by atoms with van der Waals surface area (Å²) in [5.41, 5.74) is 0.894. The zero-order valence-corrected chi connectivity index (χ0v) is 11.2. The smallest absolute Gasteiger partial charge is 0.214 e. The van der Waals surface area contributed by atoms with Crippen molar-refractivity contribution in [3.8, 4) is 11.5 Å². The van der Waals surface area contributed by atoms with Crippen LogP contribution in [0.3, 0.4) is 0 Å². The lowest BCUT2D eigenvalue weighted by Crippen LogP contribution is -2.26. The molecule has 0 bridgehead atoms. The van der Waals surface area contributed by atoms with E-state index in [1.807, 2.05) is 0 Å². The number of nitrogens with one attached hydrogen (secondary N) is 1. The first-order chi connectivity index (χ1) is 9.54. The molecule has 0 aliphatic heterocycles. The van der Waals surface area contributed by atoms with E-state index in [0.717, 1.165) is 6.20 Å². The normalized spacial score (nSPS) is 15.4. The van der Waals surface area contributed by atoms with Gasteiger partial charge in [-0.05, 0) is 25.0 Å². The van der Waals surface area contributed by atoms with Crippen LogP contribution >= 0.6 is 0 Å². The maximum absolute atomic E-state index is 12.8. The minimum Gasteiger partial charge on any atom is -0.354 e. The number of sulfonamides is 1. The van der Waals surface area contributed by atoms with Gasteiger partial charge in [-0.2, -0.15) is 0 Å². The summed E-state index contributed by atoms with van der Waals surface area (Å²) in [4.78, 5) is 3.86. The lowest BCUT2D eigenvalue weighted by molar-refractivity contribution is 0.421. The van der Waals surface area contributed by atoms with Crippen LogP contribution in [0, 0.1) is 5.82 Å². The van der Waals surface area contributed by atoms with Gasteiger partial charge in [0.05, 0.1) is 23.7 Å². The Morgan fingerprint density at radius 3 is 2.85 bits per heavy atom. The summed E-state index contributed by atoms with van der Waals surface area (Å²) in [6.45, 7) is 0.0729. The van der Waals surface area contributed by atoms with Crippen LogP contribution < -0.4 is 4.72 Å². The van der Waals surface area contributed by atoms with Gasteiger partial charge in [0.15, 0.2) is 5.76 Å². The predicted molar refractivity (Wildman–Crippen MR) is 68.5 cm³/mol. The summed E-state index contributed by atoms with van der Waals surface area (Å²) in [5, 5.41) is 3.49. The molecule has 106 valence electrons. The summed E-state index contributed by atoms with van der Waals surface area (Å²) in [6.07, 6.45) is 2.49. The Hall–Kier alpha value is -1.80. The van der Waals surface area contributed by atoms with Crippen molar-refractivity contribution in [2.75, 3.05) is 0 Å². The van der Waals surface area contributed by atoms with E-state index >= 15 is 0 Å². The van der Waals surface area contributed by atoms with Gasteiger partial charge in [-0.3, -0.25) is 0 Å². The zero-order valence-electron chi connectivity index (χ0n) is 10.4. The predicted octanol–water partition coefficient (Wildman–Crippen LogP) is 1.46. The van der Waals surface area contributed by atoms with E-state index in [1.54, 1.807) is 6.07 Å². The van der Waals surface area contributed by atoms with Crippen LogP contribution in [0.2, 0.25) is 0 Å². The first-order valence-electron chi connectivity index (χ1n) is 6.10. The molecule has 6 nitrogen and oxygen atoms in total. The fourth-order valence-electron chi connectivity index (χ4n) is 1.71. The zero-order chi connectivity index (χ0) is 14.2. The third-order valence-corrected chi connectivity index (χ3v) is 4.85. The molecule has 8 heteroatoms. The molecule has 20 heavy (non-hydrogen) atoms. The minimum atomic E-state index is -3.24. The second-order valence-electron chi connectivity index (χ2n) is 4.61. The molecular weight excluding hydrogens is 285 g/mol. The highest BCUT2D eigenvalue weighted by molar-refractivity contribution is 7.90. The van der Waals surface area contributed by atoms with Crippen molar-refractivity contribution >= 4 is 10.0 Å². The van der Waals surface area contributed by atoms with E-state index in [-0.39, 0.29) is 11.8 Å². The van der Waals surface area contributed by atoms with Gasteiger partial charge in [-0.25, -0.2) is 22.5 Å². The highest BCUT2D eigenvalue weighted by Crippen LogP contribution is 2.27. The molecule has 0 saturated heterocycles. The second-order valence-corrected chi connectivity index (χ2v) is 6.65. The standard InChI is InChI=1S/C12H12FN3O3S/c13-8-1-4-11(14-6-8)12-5-9(16-19-12)7-15-20(17,18)10-2-3-10/h1,4-6,10,15H,2-3,7H2. The molecule has 2 aromatic heterocycles. The summed E-state index contributed by atoms with van der Waals surface area (Å²) in [6, 6.07) is 4.31. The summed E-state index contributed by atoms with van der Waals surface area (Å²) in [5.74, 6) is -0.0729. The molecule has 0 aromatic carbocycles. The van der Waals surface area contributed by atoms with Crippen LogP contribution in [0.25, 0.3) is 11.5 Å². The first-order valence-corrected chi connectivity index (χ1v) is 7.65. The average Bonchev–Trinajstić information content (AvgIpc) is 3.18. The fraction of sp³-hybridized carbons (Fsp3) is 0.333. The van der Waals surface area contributed by atoms with Gasteiger partial charge >= 0.3 is 0 Å². The molecule has 2 heterocycles. The first kappa shape index (κ1) is 13.2. The Labute approximate surface area is 115 Å². The van der Waals surface area contributed by atoms with Crippen molar-refractivity contribution in [2.45, 2.75) is 24.6 Å². The van der Waals surface area contributed by atoms with E-state index in [0.29, 0.717) is 30.0 Å². The van der Waals surface area contributed by atoms with Gasteiger partial charge in [-0.15, -0.1) is 0 Å². The molecule has 2 aromatic rings. The SMILES string of the molecule is O=S(=O)(NCc1cc(-c2ccc(F)cn2)on1)C1CC1. The van der Waals surface area contributed by atoms with E-state index < -0.39 is 15.8 Å². The molecular formula is C12H12FN3O3S. The minimum absolute atomic E-state index is 0.0729. The summed E-state index contributed by atoms with van der Waals surface area (Å²) < 4.78 is 43.6. The van der Waals surface area contributed by atoms with E-state index in [4.69, 9.17) is 4.52 Å². The summed E-state index contributed by atoms with van der Waals surface area (Å²) in [7, 11) is -3.24. The topological polar surface area (TPSA) is 85.1 Å². The monoisotopic (exact) mass is 297 g/mol. The molecule has 1 aliphatic rings. The maximum Gasteiger partial charge on any atom is 0.214 e. The van der Waals surface area contributed by atoms with Crippen LogP contribution in [-0.2, 0) is 16.6 Å². The molecule has 1 fully saturated rings. The number of rotatable bonds is 5. The highest BCUT2D eigenvalue weighted by atomic mass is 32.2. The molecule has 0 amide bonds. The third-order valence-electron chi connectivity index (χ3n) is 2.96. The second kappa shape index (κ2) is 4.95. The third kappa shape index (κ3) is 2.86. The Balaban J connectivity index is 1.69. The Morgan fingerprint density at radius 2 is 2.20 bits per heavy atom. The fourth-order valence-corrected chi connectivity index (χ4v) is 3.05. The largest absolute Gasteiger partial charge is 0.354 e. The highest BCUT2D eigenvalue weighted by Gasteiger charge is 2.35. The van der Waals surface area contributed by atoms with Gasteiger partial charge in [0.2, 0.25) is 10.0 Å². The van der Waals surface area contributed by atoms with Crippen LogP contribution in [0.1, 0.15) is 18.5 Å². The van der Waals surface area contributed by atoms with Gasteiger partial charge in [-0.1, -0.05) is 5.16 Å². The summed E-state index contributed by atoms with van der Waals surface area (Å²) >= 11 is 0.